The molecular formula is C41H67N3O3. The minimum absolute atomic E-state index is 0.0225. The molecule has 1 aromatic rings. The van der Waals surface area contributed by atoms with Gasteiger partial charge in [-0.2, -0.15) is 0 Å². The van der Waals surface area contributed by atoms with Gasteiger partial charge in [-0.1, -0.05) is 75.2 Å². The Kier molecular flexibility index (Phi) is 12.0. The van der Waals surface area contributed by atoms with Crippen molar-refractivity contribution in [1.29, 1.82) is 0 Å². The number of amides is 3. The quantitative estimate of drug-likeness (QED) is 0.264. The molecule has 6 heteroatoms. The monoisotopic (exact) mass is 650 g/mol. The van der Waals surface area contributed by atoms with Crippen LogP contribution in [0.3, 0.4) is 0 Å². The molecule has 264 valence electrons. The van der Waals surface area contributed by atoms with E-state index in [9.17, 15) is 14.4 Å². The number of carbonyl (C=O) groups excluding carboxylic acids is 3. The number of hydrogen-bond acceptors (Lipinski definition) is 3. The zero-order valence-corrected chi connectivity index (χ0v) is 31.3. The van der Waals surface area contributed by atoms with Crippen LogP contribution in [0.15, 0.2) is 18.2 Å². The first-order chi connectivity index (χ1) is 22.0. The molecule has 1 aromatic carbocycles. The predicted octanol–water partition coefficient (Wildman–Crippen LogP) is 10.0. The molecule has 0 unspecified atom stereocenters. The average molecular weight is 650 g/mol. The number of benzene rings is 1. The first kappa shape index (κ1) is 37.4. The first-order valence-electron chi connectivity index (χ1n) is 19.0. The summed E-state index contributed by atoms with van der Waals surface area (Å²) in [6, 6.07) is 5.44. The van der Waals surface area contributed by atoms with Crippen LogP contribution in [0.2, 0.25) is 0 Å². The van der Waals surface area contributed by atoms with Crippen molar-refractivity contribution in [2.24, 2.45) is 45.7 Å². The Morgan fingerprint density at radius 1 is 0.660 bits per heavy atom. The van der Waals surface area contributed by atoms with Crippen LogP contribution < -0.4 is 11.1 Å². The Hall–Kier alpha value is -2.37. The maximum atomic E-state index is 14.7. The molecule has 0 radical (unpaired) electrons. The van der Waals surface area contributed by atoms with Gasteiger partial charge in [-0.25, -0.2) is 0 Å². The summed E-state index contributed by atoms with van der Waals surface area (Å²) in [6.07, 6.45) is 14.7. The van der Waals surface area contributed by atoms with E-state index in [1.807, 2.05) is 0 Å². The van der Waals surface area contributed by atoms with Gasteiger partial charge in [-0.05, 0) is 129 Å². The normalized spacial score (nSPS) is 27.6. The third-order valence-corrected chi connectivity index (χ3v) is 13.5. The van der Waals surface area contributed by atoms with Gasteiger partial charge in [0, 0.05) is 34.8 Å². The summed E-state index contributed by atoms with van der Waals surface area (Å²) in [7, 11) is 0. The Labute approximate surface area is 286 Å². The summed E-state index contributed by atoms with van der Waals surface area (Å²) < 4.78 is 0. The van der Waals surface area contributed by atoms with Crippen LogP contribution >= 0.6 is 0 Å². The Bertz CT molecular complexity index is 1200. The lowest BCUT2D eigenvalue weighted by Gasteiger charge is -2.47. The van der Waals surface area contributed by atoms with Gasteiger partial charge in [-0.15, -0.1) is 0 Å². The van der Waals surface area contributed by atoms with Crippen LogP contribution in [0.4, 0.5) is 5.69 Å². The molecule has 47 heavy (non-hydrogen) atoms. The Balaban J connectivity index is 1.58. The van der Waals surface area contributed by atoms with Crippen molar-refractivity contribution in [3.8, 4) is 0 Å². The maximum Gasteiger partial charge on any atom is 0.254 e. The highest BCUT2D eigenvalue weighted by atomic mass is 16.2. The number of primary amides is 1. The van der Waals surface area contributed by atoms with Crippen LogP contribution in [-0.2, 0) is 4.79 Å². The Morgan fingerprint density at radius 2 is 1.09 bits per heavy atom. The van der Waals surface area contributed by atoms with Crippen molar-refractivity contribution < 1.29 is 14.4 Å². The van der Waals surface area contributed by atoms with Gasteiger partial charge in [0.1, 0.15) is 0 Å². The zero-order chi connectivity index (χ0) is 34.7. The molecule has 3 saturated carbocycles. The van der Waals surface area contributed by atoms with Crippen molar-refractivity contribution >= 4 is 23.4 Å². The molecule has 3 amide bonds. The van der Waals surface area contributed by atoms with E-state index in [4.69, 9.17) is 5.73 Å². The highest BCUT2D eigenvalue weighted by Gasteiger charge is 2.41. The minimum Gasteiger partial charge on any atom is -0.366 e. The van der Waals surface area contributed by atoms with Gasteiger partial charge in [0.25, 0.3) is 5.91 Å². The van der Waals surface area contributed by atoms with Gasteiger partial charge >= 0.3 is 0 Å². The van der Waals surface area contributed by atoms with Crippen LogP contribution in [0.5, 0.6) is 0 Å². The molecule has 0 atom stereocenters. The third-order valence-electron chi connectivity index (χ3n) is 13.5. The summed E-state index contributed by atoms with van der Waals surface area (Å²) in [5.41, 5.74) is 7.88. The summed E-state index contributed by atoms with van der Waals surface area (Å²) in [5, 5.41) is 3.09. The zero-order valence-electron chi connectivity index (χ0n) is 31.3. The summed E-state index contributed by atoms with van der Waals surface area (Å²) in [6.45, 7) is 21.0. The topological polar surface area (TPSA) is 92.5 Å². The standard InChI is InChI=1S/C41H67N3O3/c1-10-40(6,7)31-16-20-34(21-17-31)44(35-22-18-32(19-23-35)41(8,9)11-2)38(47)29-24-28(36(42)45)25-33(26-29)43-37(46)27-12-14-30(15-13-27)39(3,4)5/h24-27,30-32,34-35H,10-23H2,1-9H3,(H2,42,45)(H,43,46). The second kappa shape index (κ2) is 15.0. The van der Waals surface area contributed by atoms with Gasteiger partial charge in [0.2, 0.25) is 11.8 Å². The molecule has 3 aliphatic rings. The van der Waals surface area contributed by atoms with Gasteiger partial charge in [0.15, 0.2) is 0 Å². The van der Waals surface area contributed by atoms with E-state index in [0.717, 1.165) is 89.9 Å². The van der Waals surface area contributed by atoms with Crippen molar-refractivity contribution in [3.63, 3.8) is 0 Å². The van der Waals surface area contributed by atoms with E-state index in [1.54, 1.807) is 18.2 Å². The molecule has 4 rings (SSSR count). The second-order valence-corrected chi connectivity index (χ2v) is 18.0. The molecule has 0 heterocycles. The summed E-state index contributed by atoms with van der Waals surface area (Å²) in [4.78, 5) is 42.9. The lowest BCUT2D eigenvalue weighted by atomic mass is 9.67. The van der Waals surface area contributed by atoms with Crippen molar-refractivity contribution in [2.45, 2.75) is 164 Å². The number of carbonyl (C=O) groups is 3. The molecule has 3 fully saturated rings. The average Bonchev–Trinajstić information content (AvgIpc) is 3.04. The third kappa shape index (κ3) is 9.01. The van der Waals surface area contributed by atoms with Gasteiger partial charge < -0.3 is 16.0 Å². The van der Waals surface area contributed by atoms with Crippen molar-refractivity contribution in [1.82, 2.24) is 4.90 Å². The smallest absolute Gasteiger partial charge is 0.254 e. The number of nitrogens with two attached hydrogens (primary N) is 1. The number of nitrogens with zero attached hydrogens (tertiary/aromatic N) is 1. The minimum atomic E-state index is -0.586. The van der Waals surface area contributed by atoms with E-state index in [0.29, 0.717) is 39.8 Å². The fourth-order valence-corrected chi connectivity index (χ4v) is 9.06. The molecule has 0 aromatic heterocycles. The highest BCUT2D eigenvalue weighted by Crippen LogP contribution is 2.45. The molecule has 0 aliphatic heterocycles. The summed E-state index contributed by atoms with van der Waals surface area (Å²) >= 11 is 0. The van der Waals surface area contributed by atoms with Crippen LogP contribution in [0.1, 0.15) is 173 Å². The van der Waals surface area contributed by atoms with E-state index in [2.05, 4.69) is 72.5 Å². The lowest BCUT2D eigenvalue weighted by molar-refractivity contribution is -0.121. The Morgan fingerprint density at radius 3 is 1.49 bits per heavy atom. The number of hydrogen-bond donors (Lipinski definition) is 2. The van der Waals surface area contributed by atoms with Crippen LogP contribution in [0, 0.1) is 39.9 Å². The SMILES string of the molecule is CCC(C)(C)C1CCC(N(C(=O)c2cc(NC(=O)C3CCC(C(C)(C)C)CC3)cc(C(N)=O)c2)C2CCC(C(C)(C)CC)CC2)CC1. The number of rotatable bonds is 10. The molecule has 3 N–H and O–H groups in total. The largest absolute Gasteiger partial charge is 0.366 e. The second-order valence-electron chi connectivity index (χ2n) is 18.0. The lowest BCUT2D eigenvalue weighted by Crippen LogP contribution is -2.51. The molecule has 0 saturated heterocycles. The molecule has 0 spiro atoms. The van der Waals surface area contributed by atoms with Crippen molar-refractivity contribution in [3.05, 3.63) is 29.3 Å². The fourth-order valence-electron chi connectivity index (χ4n) is 9.06. The van der Waals surface area contributed by atoms with Gasteiger partial charge in [0.05, 0.1) is 0 Å². The van der Waals surface area contributed by atoms with E-state index < -0.39 is 5.91 Å². The number of nitrogens with one attached hydrogen (secondary N) is 1. The van der Waals surface area contributed by atoms with E-state index in [1.165, 1.54) is 0 Å². The molecule has 0 bridgehead atoms. The van der Waals surface area contributed by atoms with Crippen LogP contribution in [-0.4, -0.2) is 34.7 Å². The molecule has 6 nitrogen and oxygen atoms in total. The fraction of sp³-hybridized carbons (Fsp3) is 0.780. The first-order valence-corrected chi connectivity index (χ1v) is 19.0. The molecule has 3 aliphatic carbocycles. The van der Waals surface area contributed by atoms with Gasteiger partial charge in [-0.3, -0.25) is 14.4 Å². The van der Waals surface area contributed by atoms with E-state index >= 15 is 0 Å². The number of anilines is 1. The molecular weight excluding hydrogens is 582 g/mol. The van der Waals surface area contributed by atoms with Crippen molar-refractivity contribution in [2.75, 3.05) is 5.32 Å². The summed E-state index contributed by atoms with van der Waals surface area (Å²) in [5.74, 6) is 1.25. The predicted molar refractivity (Wildman–Crippen MR) is 194 cm³/mol. The van der Waals surface area contributed by atoms with E-state index in [-0.39, 0.29) is 40.8 Å². The highest BCUT2D eigenvalue weighted by molar-refractivity contribution is 6.02. The van der Waals surface area contributed by atoms with Crippen LogP contribution in [0.25, 0.3) is 0 Å². The maximum absolute atomic E-state index is 14.7.